The van der Waals surface area contributed by atoms with E-state index in [2.05, 4.69) is 16.0 Å². The Labute approximate surface area is 212 Å². The van der Waals surface area contributed by atoms with Crippen LogP contribution in [0.4, 0.5) is 11.4 Å². The monoisotopic (exact) mass is 763 g/mol. The van der Waals surface area contributed by atoms with E-state index in [9.17, 15) is 34.8 Å². The molecule has 0 aromatic heterocycles. The minimum atomic E-state index is -2.17. The third-order valence-electron chi connectivity index (χ3n) is 3.84. The highest BCUT2D eigenvalue weighted by molar-refractivity contribution is 14.1. The van der Waals surface area contributed by atoms with Crippen molar-refractivity contribution in [3.63, 3.8) is 0 Å². The molecule has 0 bridgehead atoms. The van der Waals surface area contributed by atoms with Gasteiger partial charge >= 0.3 is 0 Å². The van der Waals surface area contributed by atoms with Gasteiger partial charge in [0.2, 0.25) is 5.91 Å². The molecule has 30 heavy (non-hydrogen) atoms. The minimum absolute atomic E-state index is 0.0902. The maximum Gasteiger partial charge on any atom is 0.256 e. The van der Waals surface area contributed by atoms with Gasteiger partial charge in [-0.05, 0) is 67.8 Å². The number of hydrogen-bond acceptors (Lipinski definition) is 8. The predicted molar refractivity (Wildman–Crippen MR) is 132 cm³/mol. The number of amides is 3. The Bertz CT molecular complexity index is 839. The van der Waals surface area contributed by atoms with Crippen molar-refractivity contribution in [3.8, 4) is 0 Å². The van der Waals surface area contributed by atoms with Crippen molar-refractivity contribution < 1.29 is 39.9 Å². The quantitative estimate of drug-likeness (QED) is 0.158. The summed E-state index contributed by atoms with van der Waals surface area (Å²) in [7, 11) is 1.41. The number of anilines is 2. The maximum absolute atomic E-state index is 12.5. The van der Waals surface area contributed by atoms with Gasteiger partial charge in [0.25, 0.3) is 11.8 Å². The van der Waals surface area contributed by atoms with Gasteiger partial charge in [0, 0.05) is 14.0 Å². The summed E-state index contributed by atoms with van der Waals surface area (Å²) in [5.41, 5.74) is 0.528. The largest absolute Gasteiger partial charge is 0.394 e. The summed E-state index contributed by atoms with van der Waals surface area (Å²) in [6, 6.07) is 0. The van der Waals surface area contributed by atoms with E-state index in [1.54, 1.807) is 0 Å². The molecule has 4 atom stereocenters. The number of hydrogen-bond donors (Lipinski definition) is 8. The van der Waals surface area contributed by atoms with Crippen LogP contribution in [0.5, 0.6) is 0 Å². The molecule has 168 valence electrons. The fourth-order valence-electron chi connectivity index (χ4n) is 2.26. The van der Waals surface area contributed by atoms with E-state index in [1.807, 2.05) is 67.8 Å². The normalized spacial score (nSPS) is 15.0. The maximum atomic E-state index is 12.5. The molecule has 14 heteroatoms. The molecule has 1 aromatic carbocycles. The lowest BCUT2D eigenvalue weighted by Gasteiger charge is -2.26. The topological polar surface area (TPSA) is 188 Å². The van der Waals surface area contributed by atoms with Gasteiger partial charge in [-0.1, -0.05) is 0 Å². The first-order valence-corrected chi connectivity index (χ1v) is 11.5. The molecule has 0 aliphatic carbocycles. The molecule has 1 rings (SSSR count). The van der Waals surface area contributed by atoms with Gasteiger partial charge in [-0.25, -0.2) is 0 Å². The third kappa shape index (κ3) is 6.33. The molecule has 0 spiro atoms. The van der Waals surface area contributed by atoms with Crippen LogP contribution in [0.15, 0.2) is 0 Å². The third-order valence-corrected chi connectivity index (χ3v) is 7.08. The number of carbonyl (C=O) groups is 3. The zero-order chi connectivity index (χ0) is 23.3. The Morgan fingerprint density at radius 2 is 1.40 bits per heavy atom. The number of benzene rings is 1. The summed E-state index contributed by atoms with van der Waals surface area (Å²) in [5.74, 6) is -2.03. The standard InChI is InChI=1S/C16H20I3N3O8/c1-4(24)21-10-7(17)6(15(29)20-2)8(18)11(9(10)19)22-16(30)14(28)13(27)12(26)5(25)3-23/h5,12-14,23,25-28H,3H2,1-2H3,(H,20,29)(H,21,24)(H,22,30)/t5-,12-,13+,14-/m1/s1. The molecular formula is C16H20I3N3O8. The average Bonchev–Trinajstić information content (AvgIpc) is 2.71. The zero-order valence-corrected chi connectivity index (χ0v) is 22.1. The second-order valence-corrected chi connectivity index (χ2v) is 9.23. The predicted octanol–water partition coefficient (Wildman–Crippen LogP) is -0.807. The van der Waals surface area contributed by atoms with E-state index in [-0.39, 0.29) is 16.9 Å². The van der Waals surface area contributed by atoms with Gasteiger partial charge in [-0.2, -0.15) is 0 Å². The highest BCUT2D eigenvalue weighted by Gasteiger charge is 2.35. The van der Waals surface area contributed by atoms with Crippen LogP contribution < -0.4 is 16.0 Å². The van der Waals surface area contributed by atoms with Crippen molar-refractivity contribution in [1.29, 1.82) is 0 Å². The number of rotatable bonds is 8. The van der Waals surface area contributed by atoms with Crippen LogP contribution in [0.2, 0.25) is 0 Å². The lowest BCUT2D eigenvalue weighted by molar-refractivity contribution is -0.144. The summed E-state index contributed by atoms with van der Waals surface area (Å²) in [6.45, 7) is 0.380. The number of aliphatic hydroxyl groups excluding tert-OH is 5. The molecule has 0 saturated carbocycles. The van der Waals surface area contributed by atoms with Crippen LogP contribution in [0.3, 0.4) is 0 Å². The number of carbonyl (C=O) groups excluding carboxylic acids is 3. The lowest BCUT2D eigenvalue weighted by atomic mass is 10.0. The van der Waals surface area contributed by atoms with E-state index in [1.165, 1.54) is 14.0 Å². The second kappa shape index (κ2) is 12.0. The summed E-state index contributed by atoms with van der Waals surface area (Å²) >= 11 is 5.55. The fourth-order valence-corrected chi connectivity index (χ4v) is 6.45. The summed E-state index contributed by atoms with van der Waals surface area (Å²) in [5, 5.41) is 55.4. The van der Waals surface area contributed by atoms with Crippen LogP contribution in [0.1, 0.15) is 17.3 Å². The van der Waals surface area contributed by atoms with Gasteiger partial charge in [0.1, 0.15) is 18.3 Å². The first-order chi connectivity index (χ1) is 13.9. The van der Waals surface area contributed by atoms with Crippen molar-refractivity contribution in [2.24, 2.45) is 0 Å². The molecule has 0 fully saturated rings. The smallest absolute Gasteiger partial charge is 0.256 e. The van der Waals surface area contributed by atoms with Crippen LogP contribution in [-0.4, -0.2) is 81.3 Å². The molecule has 3 amide bonds. The van der Waals surface area contributed by atoms with E-state index >= 15 is 0 Å². The van der Waals surface area contributed by atoms with E-state index in [0.717, 1.165) is 0 Å². The summed E-state index contributed by atoms with van der Waals surface area (Å²) in [4.78, 5) is 36.4. The van der Waals surface area contributed by atoms with Crippen LogP contribution in [-0.2, 0) is 9.59 Å². The van der Waals surface area contributed by atoms with Crippen LogP contribution in [0, 0.1) is 10.7 Å². The van der Waals surface area contributed by atoms with Crippen LogP contribution in [0.25, 0.3) is 0 Å². The number of halogens is 3. The number of nitrogens with one attached hydrogen (secondary N) is 3. The fraction of sp³-hybridized carbons (Fsp3) is 0.438. The van der Waals surface area contributed by atoms with Crippen molar-refractivity contribution in [2.75, 3.05) is 24.3 Å². The minimum Gasteiger partial charge on any atom is -0.394 e. The molecular weight excluding hydrogens is 743 g/mol. The SMILES string of the molecule is CNC(=O)c1c(I)c(NC(C)=O)c(I)c(NC(=O)[C@H](O)[C@@H](O)[C@H](O)[C@H](O)CO)c1I. The molecule has 8 N–H and O–H groups in total. The highest BCUT2D eigenvalue weighted by atomic mass is 127. The van der Waals surface area contributed by atoms with Gasteiger partial charge in [0.05, 0.1) is 34.3 Å². The molecule has 0 aliphatic rings. The first-order valence-electron chi connectivity index (χ1n) is 8.23. The Kier molecular flexibility index (Phi) is 11.1. The van der Waals surface area contributed by atoms with E-state index < -0.39 is 48.7 Å². The summed E-state index contributed by atoms with van der Waals surface area (Å²) < 4.78 is 1.09. The molecule has 0 saturated heterocycles. The lowest BCUT2D eigenvalue weighted by Crippen LogP contribution is -2.50. The Morgan fingerprint density at radius 1 is 0.900 bits per heavy atom. The van der Waals surface area contributed by atoms with E-state index in [4.69, 9.17) is 5.11 Å². The Hall–Kier alpha value is -0.380. The second-order valence-electron chi connectivity index (χ2n) is 5.99. The van der Waals surface area contributed by atoms with Gasteiger partial charge in [0.15, 0.2) is 6.10 Å². The molecule has 0 unspecified atom stereocenters. The number of aliphatic hydroxyl groups is 5. The van der Waals surface area contributed by atoms with E-state index in [0.29, 0.717) is 10.7 Å². The van der Waals surface area contributed by atoms with Crippen molar-refractivity contribution in [1.82, 2.24) is 5.32 Å². The summed E-state index contributed by atoms with van der Waals surface area (Å²) in [6.07, 6.45) is -8.02. The van der Waals surface area contributed by atoms with Gasteiger partial charge in [-0.3, -0.25) is 14.4 Å². The van der Waals surface area contributed by atoms with Gasteiger partial charge in [-0.15, -0.1) is 0 Å². The first kappa shape index (κ1) is 27.7. The van der Waals surface area contributed by atoms with Crippen molar-refractivity contribution in [2.45, 2.75) is 31.3 Å². The molecule has 0 aliphatic heterocycles. The molecule has 1 aromatic rings. The van der Waals surface area contributed by atoms with Crippen molar-refractivity contribution >= 4 is 96.9 Å². The average molecular weight is 763 g/mol. The molecule has 0 radical (unpaired) electrons. The highest BCUT2D eigenvalue weighted by Crippen LogP contribution is 2.39. The van der Waals surface area contributed by atoms with Gasteiger partial charge < -0.3 is 41.5 Å². The Balaban J connectivity index is 3.41. The zero-order valence-electron chi connectivity index (χ0n) is 15.6. The Morgan fingerprint density at radius 3 is 1.83 bits per heavy atom. The molecule has 0 heterocycles. The van der Waals surface area contributed by atoms with Crippen molar-refractivity contribution in [3.05, 3.63) is 16.3 Å². The molecule has 11 nitrogen and oxygen atoms in total. The van der Waals surface area contributed by atoms with Crippen LogP contribution >= 0.6 is 67.8 Å².